The van der Waals surface area contributed by atoms with Crippen molar-refractivity contribution in [3.8, 4) is 27.9 Å². The molecule has 0 spiro atoms. The number of furan rings is 1. The predicted molar refractivity (Wildman–Crippen MR) is 223 cm³/mol. The molecule has 11 rings (SSSR count). The van der Waals surface area contributed by atoms with Crippen LogP contribution in [-0.2, 0) is 6.42 Å². The maximum absolute atomic E-state index is 6.97. The summed E-state index contributed by atoms with van der Waals surface area (Å²) < 4.78 is 9.37. The summed E-state index contributed by atoms with van der Waals surface area (Å²) in [5.74, 6) is 0. The summed E-state index contributed by atoms with van der Waals surface area (Å²) in [6, 6.07) is 68.2. The third kappa shape index (κ3) is 4.93. The minimum atomic E-state index is 0.00867. The molecule has 0 bridgehead atoms. The van der Waals surface area contributed by atoms with Crippen molar-refractivity contribution < 1.29 is 4.42 Å². The summed E-state index contributed by atoms with van der Waals surface area (Å²) in [5, 5.41) is 8.78. The Morgan fingerprint density at radius 2 is 1.07 bits per heavy atom. The number of benzene rings is 8. The van der Waals surface area contributed by atoms with E-state index < -0.39 is 0 Å². The first-order chi connectivity index (χ1) is 26.8. The summed E-state index contributed by atoms with van der Waals surface area (Å²) in [4.78, 5) is 0. The molecule has 10 aromatic rings. The van der Waals surface area contributed by atoms with Crippen molar-refractivity contribution in [1.29, 1.82) is 0 Å². The lowest BCUT2D eigenvalue weighted by Gasteiger charge is -2.34. The average molecular weight is 693 g/mol. The van der Waals surface area contributed by atoms with E-state index >= 15 is 0 Å². The zero-order valence-electron chi connectivity index (χ0n) is 29.6. The van der Waals surface area contributed by atoms with Crippen LogP contribution in [0.15, 0.2) is 192 Å². The molecule has 2 atom stereocenters. The molecule has 256 valence electrons. The Morgan fingerprint density at radius 3 is 1.76 bits per heavy atom. The van der Waals surface area contributed by atoms with Crippen molar-refractivity contribution in [2.24, 2.45) is 0 Å². The maximum atomic E-state index is 6.97. The Hall–Kier alpha value is -6.68. The summed E-state index contributed by atoms with van der Waals surface area (Å²) >= 11 is 0. The standard InChI is InChI=1S/C51H36N2O/c1-4-14-33(15-5-1)36-26-28-45-42(30-36)43-31-37(34-16-6-2-7-17-34)27-29-46(43)53(45)47-24-12-23-41-49-40(22-13-25-48(49)54-51(41)47)50-39-21-11-10-20-38(39)32-44(52-50)35-18-8-3-9-19-35/h1-31,44,50,52H,32H2. The van der Waals surface area contributed by atoms with E-state index in [9.17, 15) is 0 Å². The molecule has 0 amide bonds. The van der Waals surface area contributed by atoms with Crippen LogP contribution < -0.4 is 5.32 Å². The molecular weight excluding hydrogens is 657 g/mol. The smallest absolute Gasteiger partial charge is 0.159 e. The van der Waals surface area contributed by atoms with Crippen LogP contribution in [0, 0.1) is 0 Å². The molecule has 0 fully saturated rings. The van der Waals surface area contributed by atoms with E-state index in [2.05, 4.69) is 198 Å². The second kappa shape index (κ2) is 12.5. The van der Waals surface area contributed by atoms with Crippen molar-refractivity contribution in [1.82, 2.24) is 9.88 Å². The van der Waals surface area contributed by atoms with Gasteiger partial charge in [-0.1, -0.05) is 152 Å². The van der Waals surface area contributed by atoms with Gasteiger partial charge in [0.15, 0.2) is 5.58 Å². The molecular formula is C51H36N2O. The van der Waals surface area contributed by atoms with E-state index in [1.807, 2.05) is 0 Å². The number of aromatic nitrogens is 1. The van der Waals surface area contributed by atoms with Gasteiger partial charge in [0, 0.05) is 27.6 Å². The van der Waals surface area contributed by atoms with Crippen molar-refractivity contribution in [2.75, 3.05) is 0 Å². The minimum absolute atomic E-state index is 0.00867. The summed E-state index contributed by atoms with van der Waals surface area (Å²) in [6.45, 7) is 0. The van der Waals surface area contributed by atoms with E-state index in [0.717, 1.165) is 45.1 Å². The summed E-state index contributed by atoms with van der Waals surface area (Å²) in [6.07, 6.45) is 0.953. The van der Waals surface area contributed by atoms with E-state index in [1.54, 1.807) is 0 Å². The van der Waals surface area contributed by atoms with Gasteiger partial charge in [0.1, 0.15) is 5.58 Å². The Balaban J connectivity index is 1.13. The number of hydrogen-bond donors (Lipinski definition) is 1. The molecule has 0 aliphatic carbocycles. The van der Waals surface area contributed by atoms with Crippen LogP contribution in [0.2, 0.25) is 0 Å². The lowest BCUT2D eigenvalue weighted by atomic mass is 9.83. The van der Waals surface area contributed by atoms with Gasteiger partial charge in [0.05, 0.1) is 22.8 Å². The highest BCUT2D eigenvalue weighted by Gasteiger charge is 2.30. The Labute approximate surface area is 313 Å². The monoisotopic (exact) mass is 692 g/mol. The fraction of sp³-hybridized carbons (Fsp3) is 0.0588. The SMILES string of the molecule is c1ccc(-c2ccc3c(c2)c2cc(-c4ccccc4)ccc2n3-c2cccc3c2oc2cccc(C4NC(c5ccccc5)Cc5ccccc54)c23)cc1. The lowest BCUT2D eigenvalue weighted by molar-refractivity contribution is 0.453. The normalized spacial score (nSPS) is 15.6. The highest BCUT2D eigenvalue weighted by molar-refractivity contribution is 6.14. The molecule has 2 unspecified atom stereocenters. The molecule has 3 nitrogen and oxygen atoms in total. The zero-order valence-corrected chi connectivity index (χ0v) is 29.6. The minimum Gasteiger partial charge on any atom is -0.454 e. The van der Waals surface area contributed by atoms with Crippen LogP contribution in [0.3, 0.4) is 0 Å². The first-order valence-corrected chi connectivity index (χ1v) is 18.8. The first kappa shape index (κ1) is 30.9. The predicted octanol–water partition coefficient (Wildman–Crippen LogP) is 13.0. The molecule has 3 heteroatoms. The summed E-state index contributed by atoms with van der Waals surface area (Å²) in [7, 11) is 0. The third-order valence-corrected chi connectivity index (χ3v) is 11.4. The highest BCUT2D eigenvalue weighted by Crippen LogP contribution is 2.44. The van der Waals surface area contributed by atoms with Gasteiger partial charge in [-0.2, -0.15) is 0 Å². The van der Waals surface area contributed by atoms with Crippen LogP contribution in [-0.4, -0.2) is 4.57 Å². The Bertz CT molecular complexity index is 2900. The molecule has 1 aliphatic rings. The second-order valence-corrected chi connectivity index (χ2v) is 14.5. The lowest BCUT2D eigenvalue weighted by Crippen LogP contribution is -2.34. The Morgan fingerprint density at radius 1 is 0.481 bits per heavy atom. The van der Waals surface area contributed by atoms with E-state index in [1.165, 1.54) is 55.3 Å². The number of hydrogen-bond acceptors (Lipinski definition) is 2. The molecule has 0 saturated heterocycles. The van der Waals surface area contributed by atoms with Gasteiger partial charge >= 0.3 is 0 Å². The number of nitrogens with zero attached hydrogens (tertiary/aromatic N) is 1. The molecule has 3 heterocycles. The topological polar surface area (TPSA) is 30.1 Å². The fourth-order valence-electron chi connectivity index (χ4n) is 8.91. The van der Waals surface area contributed by atoms with Crippen LogP contribution in [0.5, 0.6) is 0 Å². The van der Waals surface area contributed by atoms with Crippen molar-refractivity contribution in [3.05, 3.63) is 210 Å². The van der Waals surface area contributed by atoms with Crippen LogP contribution in [0.1, 0.15) is 34.3 Å². The molecule has 54 heavy (non-hydrogen) atoms. The van der Waals surface area contributed by atoms with Gasteiger partial charge in [-0.25, -0.2) is 0 Å². The molecule has 0 saturated carbocycles. The summed E-state index contributed by atoms with van der Waals surface area (Å²) in [5.41, 5.74) is 15.2. The molecule has 8 aromatic carbocycles. The first-order valence-electron chi connectivity index (χ1n) is 18.8. The van der Waals surface area contributed by atoms with Crippen molar-refractivity contribution in [3.63, 3.8) is 0 Å². The fourth-order valence-corrected chi connectivity index (χ4v) is 8.91. The van der Waals surface area contributed by atoms with Gasteiger partial charge < -0.3 is 8.98 Å². The zero-order chi connectivity index (χ0) is 35.6. The highest BCUT2D eigenvalue weighted by atomic mass is 16.3. The third-order valence-electron chi connectivity index (χ3n) is 11.4. The van der Waals surface area contributed by atoms with E-state index in [4.69, 9.17) is 4.42 Å². The van der Waals surface area contributed by atoms with Gasteiger partial charge in [-0.15, -0.1) is 0 Å². The number of fused-ring (bicyclic) bond motifs is 7. The number of para-hydroxylation sites is 1. The molecule has 2 aromatic heterocycles. The molecule has 0 radical (unpaired) electrons. The molecule has 1 aliphatic heterocycles. The van der Waals surface area contributed by atoms with Crippen LogP contribution in [0.25, 0.3) is 71.7 Å². The second-order valence-electron chi connectivity index (χ2n) is 14.5. The van der Waals surface area contributed by atoms with Gasteiger partial charge in [-0.05, 0) is 87.3 Å². The van der Waals surface area contributed by atoms with Crippen molar-refractivity contribution >= 4 is 43.7 Å². The van der Waals surface area contributed by atoms with Gasteiger partial charge in [0.2, 0.25) is 0 Å². The van der Waals surface area contributed by atoms with Crippen LogP contribution >= 0.6 is 0 Å². The Kier molecular flexibility index (Phi) is 7.14. The number of nitrogens with one attached hydrogen (secondary N) is 1. The largest absolute Gasteiger partial charge is 0.454 e. The van der Waals surface area contributed by atoms with Crippen LogP contribution in [0.4, 0.5) is 0 Å². The van der Waals surface area contributed by atoms with E-state index in [0.29, 0.717) is 0 Å². The average Bonchev–Trinajstić information content (AvgIpc) is 3.80. The maximum Gasteiger partial charge on any atom is 0.159 e. The van der Waals surface area contributed by atoms with Crippen molar-refractivity contribution in [2.45, 2.75) is 18.5 Å². The number of rotatable bonds is 5. The van der Waals surface area contributed by atoms with E-state index in [-0.39, 0.29) is 12.1 Å². The quantitative estimate of drug-likeness (QED) is 0.195. The van der Waals surface area contributed by atoms with Gasteiger partial charge in [0.25, 0.3) is 0 Å². The van der Waals surface area contributed by atoms with Gasteiger partial charge in [-0.3, -0.25) is 5.32 Å². The molecule has 1 N–H and O–H groups in total.